The van der Waals surface area contributed by atoms with E-state index < -0.39 is 155 Å². The van der Waals surface area contributed by atoms with Crippen molar-refractivity contribution in [3.8, 4) is 0 Å². The predicted octanol–water partition coefficient (Wildman–Crippen LogP) is 11.5. The van der Waals surface area contributed by atoms with E-state index in [0.717, 1.165) is 51.9 Å². The van der Waals surface area contributed by atoms with E-state index in [1.165, 1.54) is 244 Å². The van der Waals surface area contributed by atoms with E-state index >= 15 is 0 Å². The van der Waals surface area contributed by atoms with E-state index in [1.54, 1.807) is 6.08 Å². The van der Waals surface area contributed by atoms with Gasteiger partial charge >= 0.3 is 5.97 Å². The number of carbonyl (C=O) groups is 3. The summed E-state index contributed by atoms with van der Waals surface area (Å²) in [5.74, 6) is -6.14. The Labute approximate surface area is 625 Å². The smallest absolute Gasteiger partial charge is 0.364 e. The molecule has 3 aliphatic heterocycles. The second kappa shape index (κ2) is 60.0. The minimum Gasteiger partial charge on any atom is -0.477 e. The Morgan fingerprint density at radius 1 is 0.500 bits per heavy atom. The van der Waals surface area contributed by atoms with Crippen LogP contribution in [0.15, 0.2) is 24.3 Å². The Kier molecular flexibility index (Phi) is 55.0. The molecule has 610 valence electrons. The van der Waals surface area contributed by atoms with Crippen LogP contribution in [0.3, 0.4) is 0 Å². The number of unbranched alkanes of at least 4 members (excludes halogenated alkanes) is 44. The molecule has 0 aromatic rings. The highest BCUT2D eigenvalue weighted by molar-refractivity contribution is 5.77. The summed E-state index contributed by atoms with van der Waals surface area (Å²) >= 11 is 0. The fourth-order valence-electron chi connectivity index (χ4n) is 14.5. The standard InChI is InChI=1S/C81H150N2O21/c1-4-6-8-10-12-14-16-18-20-22-24-26-27-28-29-30-31-32-33-35-37-39-41-43-45-47-49-51-53-55-68(91)83-62(63(88)54-52-50-48-46-44-42-40-38-36-34-25-23-21-19-17-15-13-11-9-7-5-2)60-99-78-73(95)72(94)75(67(59-86)101-78)102-79-74(96)77(71(93)66(58-85)100-79)104-81(80(97)98)56-64(89)69(82-61(3)87)76(103-81)70(92)65(90)57-84/h28-29,52,54,62-67,69-79,84-86,88-90,92-96H,4-27,30-51,53,55-60H2,1-3H3,(H,82,87)(H,83,91)(H,97,98)/b29-28-,54-52+. The van der Waals surface area contributed by atoms with Gasteiger partial charge in [0.15, 0.2) is 12.6 Å². The van der Waals surface area contributed by atoms with E-state index in [2.05, 4.69) is 36.6 Å². The van der Waals surface area contributed by atoms with Gasteiger partial charge < -0.3 is 100 Å². The molecule has 0 radical (unpaired) electrons. The van der Waals surface area contributed by atoms with Crippen LogP contribution in [-0.4, -0.2) is 215 Å². The fourth-order valence-corrected chi connectivity index (χ4v) is 14.5. The molecule has 0 aliphatic carbocycles. The maximum absolute atomic E-state index is 13.6. The Morgan fingerprint density at radius 2 is 0.904 bits per heavy atom. The molecule has 3 rings (SSSR count). The number of hydrogen-bond donors (Lipinski definition) is 14. The number of aliphatic carboxylic acids is 1. The molecular formula is C81H150N2O21. The van der Waals surface area contributed by atoms with Gasteiger partial charge in [-0.2, -0.15) is 0 Å². The first-order valence-corrected chi connectivity index (χ1v) is 41.7. The summed E-state index contributed by atoms with van der Waals surface area (Å²) in [6, 6.07) is -2.62. The lowest BCUT2D eigenvalue weighted by molar-refractivity contribution is -0.386. The lowest BCUT2D eigenvalue weighted by Crippen LogP contribution is -2.70. The number of allylic oxidation sites excluding steroid dienone is 3. The van der Waals surface area contributed by atoms with Gasteiger partial charge in [0.2, 0.25) is 11.8 Å². The molecule has 104 heavy (non-hydrogen) atoms. The lowest BCUT2D eigenvalue weighted by atomic mass is 9.88. The molecule has 3 heterocycles. The third-order valence-electron chi connectivity index (χ3n) is 21.1. The predicted molar refractivity (Wildman–Crippen MR) is 403 cm³/mol. The van der Waals surface area contributed by atoms with Crippen molar-refractivity contribution < 1.29 is 104 Å². The van der Waals surface area contributed by atoms with Crippen LogP contribution >= 0.6 is 0 Å². The largest absolute Gasteiger partial charge is 0.477 e. The van der Waals surface area contributed by atoms with Crippen LogP contribution in [0.1, 0.15) is 335 Å². The highest BCUT2D eigenvalue weighted by Gasteiger charge is 2.60. The van der Waals surface area contributed by atoms with Crippen molar-refractivity contribution in [1.29, 1.82) is 0 Å². The van der Waals surface area contributed by atoms with Gasteiger partial charge in [-0.3, -0.25) is 9.59 Å². The van der Waals surface area contributed by atoms with Crippen molar-refractivity contribution >= 4 is 17.8 Å². The number of carboxylic acids is 1. The summed E-state index contributed by atoms with van der Waals surface area (Å²) in [7, 11) is 0. The highest BCUT2D eigenvalue weighted by atomic mass is 16.8. The SMILES string of the molecule is CCCCCCCCCCCCCC/C=C\CCCCCCCCCCCCCCCC(=O)NC(COC1OC(CO)C(OC2OC(CO)C(O)C(OC3(C(=O)O)CC(O)C(NC(C)=O)C(C(O)C(O)CO)O3)C2O)C(O)C1O)C(O)/C=C/CCCCCCCCCCCCCCCCCCCCC. The van der Waals surface area contributed by atoms with Crippen LogP contribution < -0.4 is 10.6 Å². The molecule has 18 atom stereocenters. The Morgan fingerprint density at radius 3 is 1.31 bits per heavy atom. The van der Waals surface area contributed by atoms with E-state index in [-0.39, 0.29) is 12.3 Å². The molecule has 14 N–H and O–H groups in total. The fraction of sp³-hybridized carbons (Fsp3) is 0.914. The Balaban J connectivity index is 1.50. The Hall–Kier alpha value is -2.79. The monoisotopic (exact) mass is 1490 g/mol. The summed E-state index contributed by atoms with van der Waals surface area (Å²) in [5.41, 5.74) is 0. The summed E-state index contributed by atoms with van der Waals surface area (Å²) in [4.78, 5) is 38.7. The van der Waals surface area contributed by atoms with Crippen LogP contribution in [0.2, 0.25) is 0 Å². The molecule has 0 aromatic carbocycles. The maximum Gasteiger partial charge on any atom is 0.364 e. The second-order valence-corrected chi connectivity index (χ2v) is 30.3. The number of ether oxygens (including phenoxy) is 6. The first-order valence-electron chi connectivity index (χ1n) is 41.7. The number of rotatable bonds is 66. The van der Waals surface area contributed by atoms with Gasteiger partial charge in [0.05, 0.1) is 50.7 Å². The minimum absolute atomic E-state index is 0.202. The van der Waals surface area contributed by atoms with E-state index in [4.69, 9.17) is 28.4 Å². The van der Waals surface area contributed by atoms with Crippen LogP contribution in [0.25, 0.3) is 0 Å². The second-order valence-electron chi connectivity index (χ2n) is 30.3. The topological polar surface area (TPSA) is 373 Å². The van der Waals surface area contributed by atoms with Gasteiger partial charge in [0.25, 0.3) is 5.79 Å². The zero-order valence-electron chi connectivity index (χ0n) is 64.6. The van der Waals surface area contributed by atoms with Gasteiger partial charge in [-0.15, -0.1) is 0 Å². The number of aliphatic hydroxyl groups excluding tert-OH is 11. The molecule has 23 nitrogen and oxygen atoms in total. The number of nitrogens with one attached hydrogen (secondary N) is 2. The first-order chi connectivity index (χ1) is 50.4. The summed E-state index contributed by atoms with van der Waals surface area (Å²) in [6.07, 6.45) is 37.9. The molecule has 0 spiro atoms. The van der Waals surface area contributed by atoms with E-state index in [9.17, 15) is 75.7 Å². The van der Waals surface area contributed by atoms with Crippen LogP contribution in [0.5, 0.6) is 0 Å². The molecule has 2 amide bonds. The third-order valence-corrected chi connectivity index (χ3v) is 21.1. The van der Waals surface area contributed by atoms with Gasteiger partial charge in [-0.1, -0.05) is 295 Å². The van der Waals surface area contributed by atoms with Crippen molar-refractivity contribution in [2.24, 2.45) is 0 Å². The zero-order valence-corrected chi connectivity index (χ0v) is 64.6. The molecule has 0 bridgehead atoms. The maximum atomic E-state index is 13.6. The summed E-state index contributed by atoms with van der Waals surface area (Å²) in [5, 5.41) is 136. The molecule has 0 aromatic heterocycles. The Bertz CT molecular complexity index is 2170. The molecule has 3 fully saturated rings. The summed E-state index contributed by atoms with van der Waals surface area (Å²) < 4.78 is 34.9. The number of carbonyl (C=O) groups excluding carboxylic acids is 2. The zero-order chi connectivity index (χ0) is 76.0. The quantitative estimate of drug-likeness (QED) is 0.0199. The van der Waals surface area contributed by atoms with E-state index in [0.29, 0.717) is 12.8 Å². The number of carboxylic acid groups (broad SMARTS) is 1. The first kappa shape index (κ1) is 95.4. The van der Waals surface area contributed by atoms with Crippen molar-refractivity contribution in [2.45, 2.75) is 445 Å². The van der Waals surface area contributed by atoms with E-state index in [1.807, 2.05) is 6.08 Å². The molecule has 3 aliphatic rings. The molecule has 18 unspecified atom stereocenters. The molecular weight excluding hydrogens is 1340 g/mol. The molecule has 23 heteroatoms. The lowest BCUT2D eigenvalue weighted by Gasteiger charge is -2.50. The summed E-state index contributed by atoms with van der Waals surface area (Å²) in [6.45, 7) is 2.20. The number of aliphatic hydroxyl groups is 11. The molecule has 0 saturated carbocycles. The number of amides is 2. The minimum atomic E-state index is -3.08. The van der Waals surface area contributed by atoms with Crippen molar-refractivity contribution in [3.63, 3.8) is 0 Å². The van der Waals surface area contributed by atoms with Crippen molar-refractivity contribution in [2.75, 3.05) is 26.4 Å². The molecule has 3 saturated heterocycles. The van der Waals surface area contributed by atoms with Crippen LogP contribution in [0.4, 0.5) is 0 Å². The van der Waals surface area contributed by atoms with Gasteiger partial charge in [0, 0.05) is 19.8 Å². The van der Waals surface area contributed by atoms with Crippen LogP contribution in [0, 0.1) is 0 Å². The average molecular weight is 1490 g/mol. The van der Waals surface area contributed by atoms with Gasteiger partial charge in [-0.25, -0.2) is 4.79 Å². The van der Waals surface area contributed by atoms with Gasteiger partial charge in [-0.05, 0) is 44.9 Å². The normalized spacial score (nSPS) is 26.5. The van der Waals surface area contributed by atoms with Gasteiger partial charge in [0.1, 0.15) is 67.1 Å². The van der Waals surface area contributed by atoms with Crippen molar-refractivity contribution in [1.82, 2.24) is 10.6 Å². The van der Waals surface area contributed by atoms with Crippen LogP contribution in [-0.2, 0) is 42.8 Å². The average Bonchev–Trinajstić information content (AvgIpc) is 0.756. The highest BCUT2D eigenvalue weighted by Crippen LogP contribution is 2.39. The van der Waals surface area contributed by atoms with Crippen molar-refractivity contribution in [3.05, 3.63) is 24.3 Å². The number of hydrogen-bond acceptors (Lipinski definition) is 20. The third kappa shape index (κ3) is 39.7.